The molecule has 2 aromatic heterocycles. The first-order valence-electron chi connectivity index (χ1n) is 18.7. The van der Waals surface area contributed by atoms with Crippen LogP contribution < -0.4 is 10.6 Å². The Bertz CT molecular complexity index is 2140. The van der Waals surface area contributed by atoms with E-state index in [2.05, 4.69) is 53.1 Å². The van der Waals surface area contributed by atoms with Crippen molar-refractivity contribution in [2.75, 3.05) is 27.3 Å². The lowest BCUT2D eigenvalue weighted by atomic mass is 10.0. The van der Waals surface area contributed by atoms with Gasteiger partial charge in [0, 0.05) is 30.6 Å². The van der Waals surface area contributed by atoms with Crippen LogP contribution in [0, 0.1) is 30.1 Å². The summed E-state index contributed by atoms with van der Waals surface area (Å²) in [7, 11) is 2.52. The molecule has 2 fully saturated rings. The summed E-state index contributed by atoms with van der Waals surface area (Å²) in [5, 5.41) is 5.23. The summed E-state index contributed by atoms with van der Waals surface area (Å²) in [4.78, 5) is 70.1. The van der Waals surface area contributed by atoms with Crippen molar-refractivity contribution < 1.29 is 28.7 Å². The van der Waals surface area contributed by atoms with Crippen molar-refractivity contribution in [2.45, 2.75) is 70.1 Å². The van der Waals surface area contributed by atoms with Gasteiger partial charge in [0.05, 0.1) is 50.1 Å². The average Bonchev–Trinajstić information content (AvgIpc) is 4.05. The van der Waals surface area contributed by atoms with Crippen LogP contribution in [-0.2, 0) is 19.1 Å². The Morgan fingerprint density at radius 3 is 1.68 bits per heavy atom. The molecule has 14 nitrogen and oxygen atoms in total. The van der Waals surface area contributed by atoms with Crippen molar-refractivity contribution in [3.63, 3.8) is 0 Å². The van der Waals surface area contributed by atoms with Gasteiger partial charge in [-0.3, -0.25) is 9.59 Å². The molecular formula is C42H46N8O6. The molecule has 0 spiro atoms. The monoisotopic (exact) mass is 758 g/mol. The van der Waals surface area contributed by atoms with Crippen LogP contribution in [0.4, 0.5) is 9.59 Å². The number of carbonyl (C=O) groups excluding carboxylic acids is 4. The standard InChI is InChI=1S/C42H46N8O6/c1-6-9-31(47-41(53)55-4)39(51)49-22-7-10-34(49)37-43-24-32(45-37)29-18-14-27(15-19-29)12-13-28-16-20-30(21-17-28)33-25-44-38(46-33)35-11-8-23-50(35)40(52)36(26(2)3)48-42(54)56-5/h1,14-21,24-26,31,34-36H,7-11,22-23H2,2-5H3,(H,43,45)(H,44,46)(H,47,53)(H,48,54)/t31-,34-,35-,36-/m0/s1. The third kappa shape index (κ3) is 8.87. The molecule has 0 saturated carbocycles. The number of hydrogen-bond donors (Lipinski definition) is 4. The van der Waals surface area contributed by atoms with Gasteiger partial charge in [0.2, 0.25) is 11.8 Å². The maximum atomic E-state index is 13.5. The molecule has 6 rings (SSSR count). The number of methoxy groups -OCH3 is 2. The van der Waals surface area contributed by atoms with E-state index in [1.807, 2.05) is 62.4 Å². The number of nitrogens with one attached hydrogen (secondary N) is 4. The minimum atomic E-state index is -0.879. The minimum absolute atomic E-state index is 0.0540. The molecule has 2 aliphatic rings. The molecule has 4 amide bonds. The fourth-order valence-electron chi connectivity index (χ4n) is 7.14. The maximum absolute atomic E-state index is 13.5. The molecule has 2 saturated heterocycles. The molecule has 4 aromatic rings. The van der Waals surface area contributed by atoms with Gasteiger partial charge in [0.25, 0.3) is 0 Å². The number of likely N-dealkylation sites (tertiary alicyclic amines) is 2. The van der Waals surface area contributed by atoms with Crippen LogP contribution in [-0.4, -0.2) is 93.1 Å². The lowest BCUT2D eigenvalue weighted by Gasteiger charge is -2.30. The van der Waals surface area contributed by atoms with Crippen molar-refractivity contribution in [3.8, 4) is 46.7 Å². The molecule has 290 valence electrons. The number of alkyl carbamates (subject to hydrolysis) is 2. The van der Waals surface area contributed by atoms with Crippen molar-refractivity contribution in [1.29, 1.82) is 0 Å². The van der Waals surface area contributed by atoms with Gasteiger partial charge in [0.15, 0.2) is 0 Å². The number of aromatic amines is 2. The number of H-pyrrole nitrogens is 2. The number of carbonyl (C=O) groups is 4. The van der Waals surface area contributed by atoms with Crippen molar-refractivity contribution in [1.82, 2.24) is 40.4 Å². The highest BCUT2D eigenvalue weighted by atomic mass is 16.5. The zero-order valence-electron chi connectivity index (χ0n) is 31.9. The Morgan fingerprint density at radius 1 is 0.768 bits per heavy atom. The predicted molar refractivity (Wildman–Crippen MR) is 208 cm³/mol. The fraction of sp³-hybridized carbons (Fsp3) is 0.381. The SMILES string of the molecule is C#CC[C@H](NC(=O)OC)C(=O)N1CCC[C@H]1c1ncc(-c2ccc(C#Cc3ccc(-c4cnc([C@@H]5CCCN5C(=O)[C@@H](NC(=O)OC)C(C)C)[nH]4)cc3)cc2)[nH]1. The fourth-order valence-corrected chi connectivity index (χ4v) is 7.14. The predicted octanol–water partition coefficient (Wildman–Crippen LogP) is 5.32. The lowest BCUT2D eigenvalue weighted by molar-refractivity contribution is -0.135. The Morgan fingerprint density at radius 2 is 1.23 bits per heavy atom. The van der Waals surface area contributed by atoms with Crippen LogP contribution in [0.1, 0.15) is 80.8 Å². The molecule has 14 heteroatoms. The van der Waals surface area contributed by atoms with E-state index in [0.717, 1.165) is 59.3 Å². The molecular weight excluding hydrogens is 713 g/mol. The van der Waals surface area contributed by atoms with Gasteiger partial charge in [0.1, 0.15) is 23.7 Å². The summed E-state index contributed by atoms with van der Waals surface area (Å²) in [5.74, 6) is 9.77. The van der Waals surface area contributed by atoms with Crippen molar-refractivity contribution in [2.24, 2.45) is 5.92 Å². The first-order chi connectivity index (χ1) is 27.1. The summed E-state index contributed by atoms with van der Waals surface area (Å²) >= 11 is 0. The highest BCUT2D eigenvalue weighted by Gasteiger charge is 2.38. The number of terminal acetylenes is 1. The van der Waals surface area contributed by atoms with Gasteiger partial charge < -0.3 is 39.9 Å². The van der Waals surface area contributed by atoms with E-state index in [0.29, 0.717) is 24.7 Å². The maximum Gasteiger partial charge on any atom is 0.407 e. The number of aromatic nitrogens is 4. The van der Waals surface area contributed by atoms with E-state index in [1.165, 1.54) is 14.2 Å². The topological polar surface area (TPSA) is 175 Å². The molecule has 0 radical (unpaired) electrons. The molecule has 4 heterocycles. The summed E-state index contributed by atoms with van der Waals surface area (Å²) < 4.78 is 9.41. The van der Waals surface area contributed by atoms with Crippen molar-refractivity contribution in [3.05, 3.63) is 83.7 Å². The van der Waals surface area contributed by atoms with Crippen LogP contribution in [0.25, 0.3) is 22.5 Å². The van der Waals surface area contributed by atoms with Crippen LogP contribution in [0.15, 0.2) is 60.9 Å². The van der Waals surface area contributed by atoms with E-state index in [9.17, 15) is 19.2 Å². The number of hydrogen-bond acceptors (Lipinski definition) is 8. The molecule has 56 heavy (non-hydrogen) atoms. The van der Waals surface area contributed by atoms with Gasteiger partial charge in [-0.2, -0.15) is 0 Å². The highest BCUT2D eigenvalue weighted by Crippen LogP contribution is 2.34. The number of nitrogens with zero attached hydrogens (tertiary/aromatic N) is 4. The molecule has 2 aliphatic heterocycles. The largest absolute Gasteiger partial charge is 0.453 e. The number of amides is 4. The van der Waals surface area contributed by atoms with Crippen LogP contribution >= 0.6 is 0 Å². The lowest BCUT2D eigenvalue weighted by Crippen LogP contribution is -2.51. The third-order valence-electron chi connectivity index (χ3n) is 10.1. The minimum Gasteiger partial charge on any atom is -0.453 e. The average molecular weight is 759 g/mol. The Balaban J connectivity index is 1.07. The summed E-state index contributed by atoms with van der Waals surface area (Å²) in [6, 6.07) is 13.7. The molecule has 0 aliphatic carbocycles. The van der Waals surface area contributed by atoms with E-state index >= 15 is 0 Å². The number of ether oxygens (including phenoxy) is 2. The normalized spacial score (nSPS) is 17.4. The van der Waals surface area contributed by atoms with Crippen molar-refractivity contribution >= 4 is 24.0 Å². The molecule has 4 atom stereocenters. The van der Waals surface area contributed by atoms with Gasteiger partial charge in [-0.05, 0) is 67.0 Å². The third-order valence-corrected chi connectivity index (χ3v) is 10.1. The quantitative estimate of drug-likeness (QED) is 0.157. The summed E-state index contributed by atoms with van der Waals surface area (Å²) in [5.41, 5.74) is 5.21. The van der Waals surface area contributed by atoms with Gasteiger partial charge in [-0.1, -0.05) is 50.0 Å². The van der Waals surface area contributed by atoms with Crippen LogP contribution in [0.2, 0.25) is 0 Å². The molecule has 2 aromatic carbocycles. The molecule has 0 bridgehead atoms. The second-order valence-electron chi connectivity index (χ2n) is 14.1. The molecule has 4 N–H and O–H groups in total. The van der Waals surface area contributed by atoms with E-state index in [4.69, 9.17) is 11.2 Å². The first-order valence-corrected chi connectivity index (χ1v) is 18.7. The van der Waals surface area contributed by atoms with Crippen LogP contribution in [0.3, 0.4) is 0 Å². The first kappa shape index (κ1) is 39.2. The number of rotatable bonds is 10. The highest BCUT2D eigenvalue weighted by molar-refractivity contribution is 5.87. The van der Waals surface area contributed by atoms with Gasteiger partial charge in [-0.15, -0.1) is 12.3 Å². The smallest absolute Gasteiger partial charge is 0.407 e. The number of imidazole rings is 2. The van der Waals surface area contributed by atoms with E-state index in [-0.39, 0.29) is 36.2 Å². The Hall–Kier alpha value is -6.54. The molecule has 0 unspecified atom stereocenters. The van der Waals surface area contributed by atoms with Gasteiger partial charge in [-0.25, -0.2) is 19.6 Å². The van der Waals surface area contributed by atoms with E-state index < -0.39 is 24.3 Å². The van der Waals surface area contributed by atoms with E-state index in [1.54, 1.807) is 22.2 Å². The number of benzene rings is 2. The van der Waals surface area contributed by atoms with Crippen LogP contribution in [0.5, 0.6) is 0 Å². The second kappa shape index (κ2) is 17.7. The zero-order chi connectivity index (χ0) is 39.8. The Kier molecular flexibility index (Phi) is 12.4. The summed E-state index contributed by atoms with van der Waals surface area (Å²) in [6.45, 7) is 4.90. The summed E-state index contributed by atoms with van der Waals surface area (Å²) in [6.07, 6.45) is 10.9. The Labute approximate surface area is 326 Å². The second-order valence-corrected chi connectivity index (χ2v) is 14.1. The zero-order valence-corrected chi connectivity index (χ0v) is 31.9. The van der Waals surface area contributed by atoms with Gasteiger partial charge >= 0.3 is 12.2 Å².